The minimum Gasteiger partial charge on any atom is -0.346 e. The van der Waals surface area contributed by atoms with Gasteiger partial charge in [-0.2, -0.15) is 5.10 Å². The second-order valence-corrected chi connectivity index (χ2v) is 7.36. The molecular formula is C25H19FN6O. The Labute approximate surface area is 189 Å². The average molecular weight is 438 g/mol. The monoisotopic (exact) mass is 438 g/mol. The molecule has 5 aromatic rings. The average Bonchev–Trinajstić information content (AvgIpc) is 3.52. The van der Waals surface area contributed by atoms with Crippen LogP contribution >= 0.6 is 0 Å². The highest BCUT2D eigenvalue weighted by atomic mass is 19.1. The third kappa shape index (κ3) is 4.40. The molecule has 2 aromatic heterocycles. The van der Waals surface area contributed by atoms with Gasteiger partial charge in [-0.3, -0.25) is 4.79 Å². The topological polar surface area (TPSA) is 77.6 Å². The molecule has 0 aliphatic rings. The van der Waals surface area contributed by atoms with Gasteiger partial charge in [0.1, 0.15) is 5.82 Å². The summed E-state index contributed by atoms with van der Waals surface area (Å²) in [6.07, 6.45) is 3.44. The van der Waals surface area contributed by atoms with Gasteiger partial charge >= 0.3 is 0 Å². The van der Waals surface area contributed by atoms with Crippen molar-refractivity contribution in [3.05, 3.63) is 114 Å². The largest absolute Gasteiger partial charge is 0.346 e. The number of nitrogens with zero attached hydrogens (tertiary/aromatic N) is 5. The van der Waals surface area contributed by atoms with Crippen LogP contribution in [0.3, 0.4) is 0 Å². The Hall–Kier alpha value is -4.59. The highest BCUT2D eigenvalue weighted by Gasteiger charge is 2.16. The number of carbonyl (C=O) groups is 1. The molecule has 0 aliphatic heterocycles. The summed E-state index contributed by atoms with van der Waals surface area (Å²) in [5.74, 6) is -0.674. The van der Waals surface area contributed by atoms with E-state index in [1.807, 2.05) is 66.9 Å². The number of carbonyl (C=O) groups excluding carboxylic acids is 1. The van der Waals surface area contributed by atoms with Crippen molar-refractivity contribution in [2.45, 2.75) is 6.54 Å². The van der Waals surface area contributed by atoms with Crippen LogP contribution in [-0.2, 0) is 6.54 Å². The van der Waals surface area contributed by atoms with Crippen molar-refractivity contribution in [2.75, 3.05) is 0 Å². The first-order valence-corrected chi connectivity index (χ1v) is 10.3. The van der Waals surface area contributed by atoms with E-state index in [1.54, 1.807) is 27.7 Å². The molecule has 33 heavy (non-hydrogen) atoms. The Balaban J connectivity index is 1.39. The summed E-state index contributed by atoms with van der Waals surface area (Å²) < 4.78 is 16.7. The molecule has 0 saturated heterocycles. The number of amides is 1. The summed E-state index contributed by atoms with van der Waals surface area (Å²) in [6.45, 7) is 0.219. The van der Waals surface area contributed by atoms with Gasteiger partial charge in [0.2, 0.25) is 0 Å². The molecule has 0 bridgehead atoms. The quantitative estimate of drug-likeness (QED) is 0.431. The van der Waals surface area contributed by atoms with Gasteiger partial charge in [-0.25, -0.2) is 13.8 Å². The standard InChI is InChI=1S/C25H19FN6O/c26-20-13-11-18(12-14-20)24-19(16-31(29-24)21-7-3-1-4-8-21)15-27-25(33)23-17-32(30-28-23)22-9-5-2-6-10-22/h1-14,16-17H,15H2,(H,27,33). The van der Waals surface area contributed by atoms with Gasteiger partial charge in [0.15, 0.2) is 5.69 Å². The summed E-state index contributed by atoms with van der Waals surface area (Å²) in [6, 6.07) is 25.2. The molecule has 0 fully saturated rings. The highest BCUT2D eigenvalue weighted by Crippen LogP contribution is 2.24. The van der Waals surface area contributed by atoms with E-state index in [2.05, 4.69) is 20.7 Å². The number of rotatable bonds is 6. The lowest BCUT2D eigenvalue weighted by Gasteiger charge is -2.04. The van der Waals surface area contributed by atoms with E-state index in [9.17, 15) is 9.18 Å². The molecule has 3 aromatic carbocycles. The zero-order valence-electron chi connectivity index (χ0n) is 17.5. The van der Waals surface area contributed by atoms with Crippen molar-refractivity contribution < 1.29 is 9.18 Å². The lowest BCUT2D eigenvalue weighted by molar-refractivity contribution is 0.0946. The smallest absolute Gasteiger partial charge is 0.273 e. The Morgan fingerprint density at radius 2 is 1.45 bits per heavy atom. The molecule has 0 spiro atoms. The number of halogens is 1. The molecule has 0 radical (unpaired) electrons. The lowest BCUT2D eigenvalue weighted by atomic mass is 10.1. The van der Waals surface area contributed by atoms with Crippen molar-refractivity contribution in [3.8, 4) is 22.6 Å². The van der Waals surface area contributed by atoms with Gasteiger partial charge in [0, 0.05) is 23.9 Å². The first-order chi connectivity index (χ1) is 16.2. The summed E-state index contributed by atoms with van der Waals surface area (Å²) in [4.78, 5) is 12.7. The van der Waals surface area contributed by atoms with Crippen molar-refractivity contribution in [1.29, 1.82) is 0 Å². The van der Waals surface area contributed by atoms with E-state index in [4.69, 9.17) is 0 Å². The third-order valence-corrected chi connectivity index (χ3v) is 5.11. The third-order valence-electron chi connectivity index (χ3n) is 5.11. The summed E-state index contributed by atoms with van der Waals surface area (Å²) >= 11 is 0. The summed E-state index contributed by atoms with van der Waals surface area (Å²) in [7, 11) is 0. The minimum absolute atomic E-state index is 0.206. The van der Waals surface area contributed by atoms with E-state index >= 15 is 0 Å². The van der Waals surface area contributed by atoms with Crippen LogP contribution in [-0.4, -0.2) is 30.7 Å². The molecular weight excluding hydrogens is 419 g/mol. The molecule has 8 heteroatoms. The van der Waals surface area contributed by atoms with Crippen LogP contribution in [0.4, 0.5) is 4.39 Å². The first kappa shape index (κ1) is 20.3. The molecule has 5 rings (SSSR count). The van der Waals surface area contributed by atoms with Gasteiger partial charge in [0.05, 0.1) is 23.3 Å². The van der Waals surface area contributed by atoms with Gasteiger partial charge in [-0.05, 0) is 48.5 Å². The second kappa shape index (κ2) is 8.88. The van der Waals surface area contributed by atoms with Crippen molar-refractivity contribution in [3.63, 3.8) is 0 Å². The van der Waals surface area contributed by atoms with E-state index in [-0.39, 0.29) is 24.0 Å². The Bertz CT molecular complexity index is 1380. The van der Waals surface area contributed by atoms with Gasteiger partial charge in [0.25, 0.3) is 5.91 Å². The summed E-state index contributed by atoms with van der Waals surface area (Å²) in [5.41, 5.74) is 4.10. The molecule has 0 unspecified atom stereocenters. The van der Waals surface area contributed by atoms with Crippen LogP contribution in [0.1, 0.15) is 16.1 Å². The zero-order valence-corrected chi connectivity index (χ0v) is 17.5. The molecule has 7 nitrogen and oxygen atoms in total. The number of hydrogen-bond acceptors (Lipinski definition) is 4. The Kier molecular flexibility index (Phi) is 5.47. The van der Waals surface area contributed by atoms with Crippen LogP contribution in [0, 0.1) is 5.82 Å². The van der Waals surface area contributed by atoms with Gasteiger partial charge in [-0.15, -0.1) is 5.10 Å². The fourth-order valence-electron chi connectivity index (χ4n) is 3.44. The molecule has 0 aliphatic carbocycles. The van der Waals surface area contributed by atoms with Crippen LogP contribution in [0.25, 0.3) is 22.6 Å². The van der Waals surface area contributed by atoms with Gasteiger partial charge < -0.3 is 5.32 Å². The fourth-order valence-corrected chi connectivity index (χ4v) is 3.44. The van der Waals surface area contributed by atoms with Crippen LogP contribution in [0.5, 0.6) is 0 Å². The SMILES string of the molecule is O=C(NCc1cn(-c2ccccc2)nc1-c1ccc(F)cc1)c1cn(-c2ccccc2)nn1. The van der Waals surface area contributed by atoms with E-state index < -0.39 is 0 Å². The molecule has 0 atom stereocenters. The van der Waals surface area contributed by atoms with Crippen molar-refractivity contribution >= 4 is 5.91 Å². The predicted octanol–water partition coefficient (Wildman–Crippen LogP) is 4.19. The summed E-state index contributed by atoms with van der Waals surface area (Å²) in [5, 5.41) is 15.6. The molecule has 1 amide bonds. The van der Waals surface area contributed by atoms with Crippen LogP contribution in [0.2, 0.25) is 0 Å². The van der Waals surface area contributed by atoms with E-state index in [1.165, 1.54) is 12.1 Å². The number of aromatic nitrogens is 5. The number of benzene rings is 3. The minimum atomic E-state index is -0.352. The maximum atomic E-state index is 13.4. The molecule has 162 valence electrons. The second-order valence-electron chi connectivity index (χ2n) is 7.36. The molecule has 0 saturated carbocycles. The maximum absolute atomic E-state index is 13.4. The first-order valence-electron chi connectivity index (χ1n) is 10.3. The van der Waals surface area contributed by atoms with E-state index in [0.29, 0.717) is 5.69 Å². The Morgan fingerprint density at radius 3 is 2.12 bits per heavy atom. The normalized spacial score (nSPS) is 10.8. The molecule has 2 heterocycles. The lowest BCUT2D eigenvalue weighted by Crippen LogP contribution is -2.23. The highest BCUT2D eigenvalue weighted by molar-refractivity contribution is 5.92. The maximum Gasteiger partial charge on any atom is 0.273 e. The van der Waals surface area contributed by atoms with Gasteiger partial charge in [-0.1, -0.05) is 41.6 Å². The van der Waals surface area contributed by atoms with Crippen molar-refractivity contribution in [1.82, 2.24) is 30.1 Å². The number of para-hydroxylation sites is 2. The fraction of sp³-hybridized carbons (Fsp3) is 0.0400. The Morgan fingerprint density at radius 1 is 0.818 bits per heavy atom. The van der Waals surface area contributed by atoms with Crippen LogP contribution in [0.15, 0.2) is 97.3 Å². The van der Waals surface area contributed by atoms with Crippen LogP contribution < -0.4 is 5.32 Å². The number of hydrogen-bond donors (Lipinski definition) is 1. The van der Waals surface area contributed by atoms with E-state index in [0.717, 1.165) is 22.5 Å². The molecule has 1 N–H and O–H groups in total. The zero-order chi connectivity index (χ0) is 22.6. The number of nitrogens with one attached hydrogen (secondary N) is 1. The van der Waals surface area contributed by atoms with Crippen molar-refractivity contribution in [2.24, 2.45) is 0 Å². The predicted molar refractivity (Wildman–Crippen MR) is 121 cm³/mol.